The minimum absolute atomic E-state index is 0.168. The number of aromatic nitrogens is 2. The highest BCUT2D eigenvalue weighted by Crippen LogP contribution is 2.27. The summed E-state index contributed by atoms with van der Waals surface area (Å²) in [6.07, 6.45) is 0. The molecule has 0 spiro atoms. The number of thioether (sulfide) groups is 1. The van der Waals surface area contributed by atoms with E-state index in [1.54, 1.807) is 23.9 Å². The predicted octanol–water partition coefficient (Wildman–Crippen LogP) is 3.64. The van der Waals surface area contributed by atoms with Crippen LogP contribution in [0.5, 0.6) is 0 Å². The van der Waals surface area contributed by atoms with Crippen LogP contribution in [0.4, 0.5) is 0 Å². The summed E-state index contributed by atoms with van der Waals surface area (Å²) in [6.45, 7) is 6.44. The first-order valence-electron chi connectivity index (χ1n) is 5.95. The second-order valence-electron chi connectivity index (χ2n) is 5.11. The van der Waals surface area contributed by atoms with Crippen molar-refractivity contribution in [2.45, 2.75) is 31.3 Å². The molecule has 2 rings (SSSR count). The molecular formula is C14H15N3OS. The fraction of sp³-hybridized carbons (Fsp3) is 0.357. The molecular weight excluding hydrogens is 258 g/mol. The van der Waals surface area contributed by atoms with E-state index in [1.165, 1.54) is 0 Å². The van der Waals surface area contributed by atoms with E-state index in [4.69, 9.17) is 9.78 Å². The summed E-state index contributed by atoms with van der Waals surface area (Å²) in [6, 6.07) is 9.25. The predicted molar refractivity (Wildman–Crippen MR) is 75.5 cm³/mol. The molecule has 5 heteroatoms. The Morgan fingerprint density at radius 3 is 2.84 bits per heavy atom. The van der Waals surface area contributed by atoms with Gasteiger partial charge < -0.3 is 4.52 Å². The molecule has 0 atom stereocenters. The maximum atomic E-state index is 8.87. The summed E-state index contributed by atoms with van der Waals surface area (Å²) in [4.78, 5) is 4.35. The van der Waals surface area contributed by atoms with Crippen LogP contribution >= 0.6 is 11.8 Å². The molecule has 0 fully saturated rings. The van der Waals surface area contributed by atoms with Gasteiger partial charge in [-0.1, -0.05) is 32.0 Å². The van der Waals surface area contributed by atoms with E-state index in [9.17, 15) is 0 Å². The highest BCUT2D eigenvalue weighted by Gasteiger charge is 2.14. The quantitative estimate of drug-likeness (QED) is 0.854. The van der Waals surface area contributed by atoms with Crippen LogP contribution in [0.1, 0.15) is 32.2 Å². The van der Waals surface area contributed by atoms with Crippen LogP contribution in [0.2, 0.25) is 0 Å². The number of benzene rings is 1. The van der Waals surface area contributed by atoms with Crippen LogP contribution in [-0.2, 0) is 5.75 Å². The highest BCUT2D eigenvalue weighted by atomic mass is 32.2. The normalized spacial score (nSPS) is 11.3. The summed E-state index contributed by atoms with van der Waals surface area (Å²) < 4.78 is 5.40. The maximum absolute atomic E-state index is 8.87. The minimum Gasteiger partial charge on any atom is -0.334 e. The molecule has 0 unspecified atom stereocenters. The van der Waals surface area contributed by atoms with Gasteiger partial charge in [0.15, 0.2) is 5.82 Å². The van der Waals surface area contributed by atoms with E-state index in [-0.39, 0.29) is 4.75 Å². The van der Waals surface area contributed by atoms with Gasteiger partial charge in [-0.3, -0.25) is 0 Å². The van der Waals surface area contributed by atoms with Gasteiger partial charge in [-0.25, -0.2) is 0 Å². The van der Waals surface area contributed by atoms with Gasteiger partial charge in [0.1, 0.15) is 0 Å². The van der Waals surface area contributed by atoms with Crippen molar-refractivity contribution in [3.8, 4) is 17.5 Å². The molecule has 0 radical (unpaired) electrons. The zero-order chi connectivity index (χ0) is 13.9. The van der Waals surface area contributed by atoms with Crippen molar-refractivity contribution in [3.05, 3.63) is 35.7 Å². The molecule has 0 aliphatic carbocycles. The molecule has 0 aliphatic heterocycles. The third-order valence-corrected chi connectivity index (χ3v) is 3.61. The zero-order valence-electron chi connectivity index (χ0n) is 11.2. The lowest BCUT2D eigenvalue weighted by Crippen LogP contribution is -2.07. The van der Waals surface area contributed by atoms with Gasteiger partial charge >= 0.3 is 0 Å². The lowest BCUT2D eigenvalue weighted by atomic mass is 10.1. The number of hydrogen-bond donors (Lipinski definition) is 0. The van der Waals surface area contributed by atoms with Crippen LogP contribution in [0, 0.1) is 11.3 Å². The summed E-state index contributed by atoms with van der Waals surface area (Å²) in [5.74, 6) is 1.85. The van der Waals surface area contributed by atoms with Crippen molar-refractivity contribution in [3.63, 3.8) is 0 Å². The summed E-state index contributed by atoms with van der Waals surface area (Å²) in [5.41, 5.74) is 1.36. The number of hydrogen-bond acceptors (Lipinski definition) is 5. The smallest absolute Gasteiger partial charge is 0.257 e. The van der Waals surface area contributed by atoms with Gasteiger partial charge in [-0.15, -0.1) is 11.8 Å². The van der Waals surface area contributed by atoms with E-state index in [0.717, 1.165) is 5.56 Å². The van der Waals surface area contributed by atoms with Crippen LogP contribution in [-0.4, -0.2) is 14.9 Å². The average molecular weight is 273 g/mol. The van der Waals surface area contributed by atoms with Gasteiger partial charge in [0.2, 0.25) is 0 Å². The van der Waals surface area contributed by atoms with Crippen molar-refractivity contribution < 1.29 is 4.52 Å². The molecule has 1 heterocycles. The molecule has 0 aliphatic rings. The zero-order valence-corrected chi connectivity index (χ0v) is 12.0. The fourth-order valence-corrected chi connectivity index (χ4v) is 2.11. The molecule has 0 saturated carbocycles. The molecule has 0 saturated heterocycles. The lowest BCUT2D eigenvalue weighted by Gasteiger charge is -2.15. The average Bonchev–Trinajstić information content (AvgIpc) is 2.84. The minimum atomic E-state index is 0.168. The van der Waals surface area contributed by atoms with Gasteiger partial charge in [-0.05, 0) is 18.2 Å². The molecule has 98 valence electrons. The van der Waals surface area contributed by atoms with Crippen LogP contribution in [0.3, 0.4) is 0 Å². The van der Waals surface area contributed by atoms with Gasteiger partial charge in [0.25, 0.3) is 5.89 Å². The number of rotatable bonds is 3. The Balaban J connectivity index is 2.14. The standard InChI is InChI=1S/C14H15N3OS/c1-14(2,3)19-9-12-16-13(18-17-12)11-6-4-5-10(7-11)8-15/h4-7H,9H2,1-3H3. The van der Waals surface area contributed by atoms with Crippen molar-refractivity contribution >= 4 is 11.8 Å². The van der Waals surface area contributed by atoms with E-state index < -0.39 is 0 Å². The number of nitriles is 1. The first-order chi connectivity index (χ1) is 8.98. The van der Waals surface area contributed by atoms with E-state index in [2.05, 4.69) is 37.0 Å². The van der Waals surface area contributed by atoms with Gasteiger partial charge in [0.05, 0.1) is 17.4 Å². The highest BCUT2D eigenvalue weighted by molar-refractivity contribution is 7.99. The molecule has 1 aromatic heterocycles. The summed E-state index contributed by atoms with van der Waals surface area (Å²) >= 11 is 1.77. The Labute approximate surface area is 116 Å². The van der Waals surface area contributed by atoms with Crippen molar-refractivity contribution in [2.24, 2.45) is 0 Å². The molecule has 0 amide bonds. The second kappa shape index (κ2) is 5.45. The first kappa shape index (κ1) is 13.6. The van der Waals surface area contributed by atoms with Gasteiger partial charge in [0, 0.05) is 10.3 Å². The summed E-state index contributed by atoms with van der Waals surface area (Å²) in [7, 11) is 0. The first-order valence-corrected chi connectivity index (χ1v) is 6.93. The third kappa shape index (κ3) is 3.83. The molecule has 0 N–H and O–H groups in total. The van der Waals surface area contributed by atoms with Crippen LogP contribution in [0.25, 0.3) is 11.5 Å². The Hall–Kier alpha value is -1.80. The summed E-state index contributed by atoms with van der Waals surface area (Å²) in [5, 5.41) is 12.8. The monoisotopic (exact) mass is 273 g/mol. The van der Waals surface area contributed by atoms with Crippen LogP contribution < -0.4 is 0 Å². The Bertz CT molecular complexity index is 608. The Morgan fingerprint density at radius 1 is 1.37 bits per heavy atom. The van der Waals surface area contributed by atoms with Crippen LogP contribution in [0.15, 0.2) is 28.8 Å². The maximum Gasteiger partial charge on any atom is 0.257 e. The molecule has 4 nitrogen and oxygen atoms in total. The largest absolute Gasteiger partial charge is 0.334 e. The topological polar surface area (TPSA) is 62.7 Å². The Kier molecular flexibility index (Phi) is 3.91. The molecule has 19 heavy (non-hydrogen) atoms. The van der Waals surface area contributed by atoms with Gasteiger partial charge in [-0.2, -0.15) is 10.2 Å². The van der Waals surface area contributed by atoms with E-state index >= 15 is 0 Å². The second-order valence-corrected chi connectivity index (χ2v) is 6.91. The fourth-order valence-electron chi connectivity index (χ4n) is 1.43. The van der Waals surface area contributed by atoms with E-state index in [1.807, 2.05) is 12.1 Å². The lowest BCUT2D eigenvalue weighted by molar-refractivity contribution is 0.425. The third-order valence-electron chi connectivity index (χ3n) is 2.34. The SMILES string of the molecule is CC(C)(C)SCc1noc(-c2cccc(C#N)c2)n1. The molecule has 0 bridgehead atoms. The van der Waals surface area contributed by atoms with Crippen molar-refractivity contribution in [1.29, 1.82) is 5.26 Å². The Morgan fingerprint density at radius 2 is 2.16 bits per heavy atom. The van der Waals surface area contributed by atoms with Crippen molar-refractivity contribution in [2.75, 3.05) is 0 Å². The molecule has 1 aromatic carbocycles. The molecule has 2 aromatic rings. The number of nitrogens with zero attached hydrogens (tertiary/aromatic N) is 3. The van der Waals surface area contributed by atoms with E-state index in [0.29, 0.717) is 23.0 Å². The van der Waals surface area contributed by atoms with Crippen molar-refractivity contribution in [1.82, 2.24) is 10.1 Å².